The minimum absolute atomic E-state index is 0.00915. The van der Waals surface area contributed by atoms with Crippen molar-refractivity contribution >= 4 is 17.9 Å². The molecule has 6 heteroatoms. The Bertz CT molecular complexity index is 568. The van der Waals surface area contributed by atoms with Gasteiger partial charge in [0.25, 0.3) is 0 Å². The molecule has 6 atom stereocenters. The Labute approximate surface area is 147 Å². The van der Waals surface area contributed by atoms with Gasteiger partial charge in [0, 0.05) is 11.8 Å². The van der Waals surface area contributed by atoms with Gasteiger partial charge in [-0.3, -0.25) is 14.4 Å². The molecule has 3 rings (SSSR count). The second-order valence-corrected chi connectivity index (χ2v) is 7.39. The summed E-state index contributed by atoms with van der Waals surface area (Å²) in [4.78, 5) is 37.5. The average molecular weight is 350 g/mol. The van der Waals surface area contributed by atoms with Crippen LogP contribution in [-0.2, 0) is 28.6 Å². The number of hydrogen-bond donors (Lipinski definition) is 0. The van der Waals surface area contributed by atoms with Crippen molar-refractivity contribution in [1.82, 2.24) is 0 Å². The molecule has 1 saturated heterocycles. The molecule has 25 heavy (non-hydrogen) atoms. The summed E-state index contributed by atoms with van der Waals surface area (Å²) in [7, 11) is 1.32. The predicted octanol–water partition coefficient (Wildman–Crippen LogP) is 2.12. The van der Waals surface area contributed by atoms with Gasteiger partial charge in [-0.2, -0.15) is 0 Å². The number of methoxy groups -OCH3 is 1. The number of ether oxygens (including phenoxy) is 3. The second kappa shape index (κ2) is 7.58. The Morgan fingerprint density at radius 3 is 2.56 bits per heavy atom. The number of carbonyl (C=O) groups is 3. The molecule has 138 valence electrons. The van der Waals surface area contributed by atoms with E-state index in [1.807, 2.05) is 19.1 Å². The van der Waals surface area contributed by atoms with Gasteiger partial charge in [-0.25, -0.2) is 0 Å². The highest BCUT2D eigenvalue weighted by Crippen LogP contribution is 2.38. The number of hydrogen-bond acceptors (Lipinski definition) is 6. The van der Waals surface area contributed by atoms with Crippen molar-refractivity contribution in [3.63, 3.8) is 0 Å². The fourth-order valence-electron chi connectivity index (χ4n) is 4.42. The SMILES string of the molecule is COC(=O)[C@H]1[C@@H]2C(=O)OC[C@@H]3CCCC[C@H]3C(=O)OC[C@H]2C=C[C@H]1C. The molecule has 1 aliphatic heterocycles. The molecular formula is C19H26O6. The number of fused-ring (bicyclic) bond motifs is 2. The third-order valence-electron chi connectivity index (χ3n) is 5.89. The molecule has 0 unspecified atom stereocenters. The molecule has 0 amide bonds. The van der Waals surface area contributed by atoms with E-state index in [4.69, 9.17) is 14.2 Å². The van der Waals surface area contributed by atoms with E-state index in [-0.39, 0.29) is 48.8 Å². The van der Waals surface area contributed by atoms with E-state index in [9.17, 15) is 14.4 Å². The van der Waals surface area contributed by atoms with Crippen LogP contribution in [0.4, 0.5) is 0 Å². The van der Waals surface area contributed by atoms with E-state index in [0.717, 1.165) is 25.7 Å². The van der Waals surface area contributed by atoms with Crippen LogP contribution in [-0.4, -0.2) is 38.2 Å². The lowest BCUT2D eigenvalue weighted by Gasteiger charge is -2.37. The first-order chi connectivity index (χ1) is 12.0. The minimum Gasteiger partial charge on any atom is -0.469 e. The molecule has 0 bridgehead atoms. The Hall–Kier alpha value is -1.85. The molecule has 0 spiro atoms. The lowest BCUT2D eigenvalue weighted by Crippen LogP contribution is -2.45. The van der Waals surface area contributed by atoms with E-state index in [2.05, 4.69) is 0 Å². The topological polar surface area (TPSA) is 78.9 Å². The van der Waals surface area contributed by atoms with Crippen LogP contribution in [0, 0.1) is 35.5 Å². The van der Waals surface area contributed by atoms with E-state index in [1.54, 1.807) is 0 Å². The third-order valence-corrected chi connectivity index (χ3v) is 5.89. The number of carbonyl (C=O) groups excluding carboxylic acids is 3. The van der Waals surface area contributed by atoms with Gasteiger partial charge in [-0.1, -0.05) is 31.9 Å². The molecule has 2 fully saturated rings. The van der Waals surface area contributed by atoms with Crippen LogP contribution in [0.3, 0.4) is 0 Å². The number of esters is 3. The molecule has 1 saturated carbocycles. The molecule has 1 heterocycles. The lowest BCUT2D eigenvalue weighted by atomic mass is 9.71. The van der Waals surface area contributed by atoms with Crippen molar-refractivity contribution in [2.75, 3.05) is 20.3 Å². The minimum atomic E-state index is -0.680. The summed E-state index contributed by atoms with van der Waals surface area (Å²) in [5.41, 5.74) is 0. The summed E-state index contributed by atoms with van der Waals surface area (Å²) in [6.45, 7) is 2.19. The summed E-state index contributed by atoms with van der Waals surface area (Å²) in [5.74, 6) is -3.01. The first kappa shape index (κ1) is 18.0. The fraction of sp³-hybridized carbons (Fsp3) is 0.737. The van der Waals surface area contributed by atoms with Crippen molar-refractivity contribution in [3.05, 3.63) is 12.2 Å². The molecule has 2 aliphatic carbocycles. The largest absolute Gasteiger partial charge is 0.469 e. The summed E-state index contributed by atoms with van der Waals surface area (Å²) in [5, 5.41) is 0. The Kier molecular flexibility index (Phi) is 5.45. The molecule has 0 N–H and O–H groups in total. The van der Waals surface area contributed by atoms with Crippen LogP contribution in [0.15, 0.2) is 12.2 Å². The molecule has 0 aromatic rings. The highest BCUT2D eigenvalue weighted by atomic mass is 16.5. The highest BCUT2D eigenvalue weighted by Gasteiger charge is 2.47. The molecular weight excluding hydrogens is 324 g/mol. The summed E-state index contributed by atoms with van der Waals surface area (Å²) < 4.78 is 16.0. The monoisotopic (exact) mass is 350 g/mol. The predicted molar refractivity (Wildman–Crippen MR) is 88.2 cm³/mol. The third kappa shape index (κ3) is 3.58. The van der Waals surface area contributed by atoms with Crippen LogP contribution in [0.1, 0.15) is 32.6 Å². The van der Waals surface area contributed by atoms with E-state index >= 15 is 0 Å². The average Bonchev–Trinajstić information content (AvgIpc) is 2.63. The van der Waals surface area contributed by atoms with Gasteiger partial charge in [0.2, 0.25) is 0 Å². The van der Waals surface area contributed by atoms with Crippen molar-refractivity contribution in [2.24, 2.45) is 35.5 Å². The van der Waals surface area contributed by atoms with Crippen LogP contribution >= 0.6 is 0 Å². The Balaban J connectivity index is 1.86. The van der Waals surface area contributed by atoms with E-state index < -0.39 is 17.8 Å². The van der Waals surface area contributed by atoms with Gasteiger partial charge in [0.1, 0.15) is 0 Å². The van der Waals surface area contributed by atoms with Crippen molar-refractivity contribution in [1.29, 1.82) is 0 Å². The molecule has 3 aliphatic rings. The molecule has 0 radical (unpaired) electrons. The van der Waals surface area contributed by atoms with Gasteiger partial charge in [-0.15, -0.1) is 0 Å². The standard InChI is InChI=1S/C19H26O6/c1-11-7-8-13-10-24-17(20)14-6-4-3-5-12(14)9-25-19(22)16(13)15(11)18(21)23-2/h7-8,11-16H,3-6,9-10H2,1-2H3/t11-,12+,13-,14-,15-,16-/m1/s1. The van der Waals surface area contributed by atoms with Gasteiger partial charge in [0.05, 0.1) is 38.1 Å². The van der Waals surface area contributed by atoms with Crippen LogP contribution in [0.5, 0.6) is 0 Å². The number of allylic oxidation sites excluding steroid dienone is 1. The summed E-state index contributed by atoms with van der Waals surface area (Å²) in [6, 6.07) is 0. The maximum atomic E-state index is 12.8. The van der Waals surface area contributed by atoms with E-state index in [0.29, 0.717) is 0 Å². The van der Waals surface area contributed by atoms with Gasteiger partial charge < -0.3 is 14.2 Å². The van der Waals surface area contributed by atoms with Crippen molar-refractivity contribution in [3.8, 4) is 0 Å². The molecule has 0 aromatic carbocycles. The smallest absolute Gasteiger partial charge is 0.310 e. The van der Waals surface area contributed by atoms with Gasteiger partial charge in [-0.05, 0) is 18.8 Å². The zero-order valence-corrected chi connectivity index (χ0v) is 14.8. The second-order valence-electron chi connectivity index (χ2n) is 7.39. The zero-order chi connectivity index (χ0) is 18.0. The Morgan fingerprint density at radius 2 is 1.80 bits per heavy atom. The first-order valence-electron chi connectivity index (χ1n) is 9.12. The van der Waals surface area contributed by atoms with Crippen LogP contribution < -0.4 is 0 Å². The number of rotatable bonds is 1. The fourth-order valence-corrected chi connectivity index (χ4v) is 4.42. The summed E-state index contributed by atoms with van der Waals surface area (Å²) >= 11 is 0. The molecule has 6 nitrogen and oxygen atoms in total. The lowest BCUT2D eigenvalue weighted by molar-refractivity contribution is -0.172. The van der Waals surface area contributed by atoms with Crippen molar-refractivity contribution in [2.45, 2.75) is 32.6 Å². The first-order valence-corrected chi connectivity index (χ1v) is 9.12. The zero-order valence-electron chi connectivity index (χ0n) is 14.8. The maximum absolute atomic E-state index is 12.8. The highest BCUT2D eigenvalue weighted by molar-refractivity contribution is 5.83. The van der Waals surface area contributed by atoms with Gasteiger partial charge in [0.15, 0.2) is 0 Å². The van der Waals surface area contributed by atoms with Gasteiger partial charge >= 0.3 is 17.9 Å². The van der Waals surface area contributed by atoms with Crippen molar-refractivity contribution < 1.29 is 28.6 Å². The summed E-state index contributed by atoms with van der Waals surface area (Å²) in [6.07, 6.45) is 7.42. The quantitative estimate of drug-likeness (QED) is 0.409. The van der Waals surface area contributed by atoms with Crippen LogP contribution in [0.25, 0.3) is 0 Å². The normalized spacial score (nSPS) is 38.6. The number of cyclic esters (lactones) is 2. The van der Waals surface area contributed by atoms with Crippen LogP contribution in [0.2, 0.25) is 0 Å². The maximum Gasteiger partial charge on any atom is 0.310 e. The Morgan fingerprint density at radius 1 is 1.08 bits per heavy atom. The van der Waals surface area contributed by atoms with E-state index in [1.165, 1.54) is 7.11 Å². The molecule has 0 aromatic heterocycles.